The molecular formula is C12H9ClF2O. The Labute approximate surface area is 96.6 Å². The van der Waals surface area contributed by atoms with E-state index in [0.717, 1.165) is 23.8 Å². The van der Waals surface area contributed by atoms with Crippen molar-refractivity contribution in [3.05, 3.63) is 59.1 Å². The molecule has 1 unspecified atom stereocenters. The van der Waals surface area contributed by atoms with Crippen LogP contribution in [0.25, 0.3) is 0 Å². The van der Waals surface area contributed by atoms with E-state index < -0.39 is 17.0 Å². The zero-order valence-electron chi connectivity index (χ0n) is 8.51. The van der Waals surface area contributed by atoms with Gasteiger partial charge < -0.3 is 4.42 Å². The van der Waals surface area contributed by atoms with Crippen LogP contribution in [0.15, 0.2) is 34.9 Å². The van der Waals surface area contributed by atoms with Crippen molar-refractivity contribution in [1.29, 1.82) is 0 Å². The summed E-state index contributed by atoms with van der Waals surface area (Å²) >= 11 is 6.06. The van der Waals surface area contributed by atoms with Crippen molar-refractivity contribution in [3.8, 4) is 0 Å². The summed E-state index contributed by atoms with van der Waals surface area (Å²) in [4.78, 5) is 0. The highest BCUT2D eigenvalue weighted by Gasteiger charge is 2.20. The van der Waals surface area contributed by atoms with Crippen molar-refractivity contribution in [1.82, 2.24) is 0 Å². The van der Waals surface area contributed by atoms with Gasteiger partial charge in [-0.2, -0.15) is 0 Å². The van der Waals surface area contributed by atoms with Gasteiger partial charge in [0.15, 0.2) is 0 Å². The molecule has 16 heavy (non-hydrogen) atoms. The topological polar surface area (TPSA) is 13.1 Å². The second kappa shape index (κ2) is 4.26. The zero-order valence-corrected chi connectivity index (χ0v) is 9.26. The number of hydrogen-bond donors (Lipinski definition) is 0. The molecule has 0 amide bonds. The number of hydrogen-bond acceptors (Lipinski definition) is 1. The molecule has 1 atom stereocenters. The summed E-state index contributed by atoms with van der Waals surface area (Å²) in [6, 6.07) is 4.91. The lowest BCUT2D eigenvalue weighted by atomic mass is 10.1. The molecule has 0 fully saturated rings. The lowest BCUT2D eigenvalue weighted by molar-refractivity contribution is 0.505. The first kappa shape index (κ1) is 11.1. The molecule has 1 heterocycles. The first-order valence-electron chi connectivity index (χ1n) is 4.72. The SMILES string of the molecule is Cc1ccoc1C(Cl)c1cc(F)ccc1F. The smallest absolute Gasteiger partial charge is 0.129 e. The van der Waals surface area contributed by atoms with Crippen LogP contribution in [0.1, 0.15) is 22.3 Å². The molecule has 0 aliphatic rings. The minimum Gasteiger partial charge on any atom is -0.467 e. The molecule has 0 spiro atoms. The van der Waals surface area contributed by atoms with Gasteiger partial charge in [-0.05, 0) is 36.8 Å². The fourth-order valence-electron chi connectivity index (χ4n) is 1.49. The summed E-state index contributed by atoms with van der Waals surface area (Å²) in [5, 5.41) is -0.814. The Balaban J connectivity index is 2.45. The maximum atomic E-state index is 13.5. The molecule has 0 aliphatic carbocycles. The Morgan fingerprint density at radius 1 is 1.25 bits per heavy atom. The van der Waals surface area contributed by atoms with E-state index >= 15 is 0 Å². The summed E-state index contributed by atoms with van der Waals surface area (Å²) in [5.74, 6) is -0.630. The maximum Gasteiger partial charge on any atom is 0.129 e. The summed E-state index contributed by atoms with van der Waals surface area (Å²) in [6.07, 6.45) is 1.47. The molecule has 2 aromatic rings. The van der Waals surface area contributed by atoms with Crippen molar-refractivity contribution >= 4 is 11.6 Å². The molecule has 0 radical (unpaired) electrons. The Hall–Kier alpha value is -1.35. The van der Waals surface area contributed by atoms with E-state index in [1.54, 1.807) is 13.0 Å². The van der Waals surface area contributed by atoms with E-state index in [-0.39, 0.29) is 5.56 Å². The predicted molar refractivity (Wildman–Crippen MR) is 57.5 cm³/mol. The average molecular weight is 243 g/mol. The van der Waals surface area contributed by atoms with Crippen LogP contribution in [0.2, 0.25) is 0 Å². The van der Waals surface area contributed by atoms with Gasteiger partial charge in [0.1, 0.15) is 22.8 Å². The number of alkyl halides is 1. The summed E-state index contributed by atoms with van der Waals surface area (Å²) in [6.45, 7) is 1.80. The standard InChI is InChI=1S/C12H9ClF2O/c1-7-4-5-16-12(7)11(13)9-6-8(14)2-3-10(9)15/h2-6,11H,1H3. The van der Waals surface area contributed by atoms with E-state index in [2.05, 4.69) is 0 Å². The lowest BCUT2D eigenvalue weighted by Gasteiger charge is -2.09. The van der Waals surface area contributed by atoms with Crippen LogP contribution < -0.4 is 0 Å². The van der Waals surface area contributed by atoms with Gasteiger partial charge in [0.05, 0.1) is 6.26 Å². The molecule has 0 aliphatic heterocycles. The van der Waals surface area contributed by atoms with E-state index in [1.165, 1.54) is 6.26 Å². The molecule has 0 bridgehead atoms. The van der Waals surface area contributed by atoms with Crippen LogP contribution in [0.3, 0.4) is 0 Å². The highest BCUT2D eigenvalue weighted by atomic mass is 35.5. The van der Waals surface area contributed by atoms with Crippen LogP contribution in [0.5, 0.6) is 0 Å². The second-order valence-corrected chi connectivity index (χ2v) is 3.93. The van der Waals surface area contributed by atoms with Crippen LogP contribution in [0, 0.1) is 18.6 Å². The Morgan fingerprint density at radius 3 is 2.62 bits per heavy atom. The molecule has 0 saturated carbocycles. The Kier molecular flexibility index (Phi) is 2.97. The van der Waals surface area contributed by atoms with E-state index in [0.29, 0.717) is 5.76 Å². The van der Waals surface area contributed by atoms with Gasteiger partial charge in [-0.15, -0.1) is 11.6 Å². The van der Waals surface area contributed by atoms with Crippen LogP contribution in [-0.2, 0) is 0 Å². The van der Waals surface area contributed by atoms with Gasteiger partial charge in [0, 0.05) is 5.56 Å². The van der Waals surface area contributed by atoms with Gasteiger partial charge in [-0.25, -0.2) is 8.78 Å². The van der Waals surface area contributed by atoms with Crippen LogP contribution in [-0.4, -0.2) is 0 Å². The zero-order chi connectivity index (χ0) is 11.7. The minimum absolute atomic E-state index is 0.0831. The normalized spacial score (nSPS) is 12.8. The third kappa shape index (κ3) is 1.95. The Morgan fingerprint density at radius 2 is 2.00 bits per heavy atom. The van der Waals surface area contributed by atoms with Crippen molar-refractivity contribution in [2.45, 2.75) is 12.3 Å². The highest BCUT2D eigenvalue weighted by Crippen LogP contribution is 2.33. The first-order chi connectivity index (χ1) is 7.59. The summed E-state index contributed by atoms with van der Waals surface area (Å²) < 4.78 is 31.6. The van der Waals surface area contributed by atoms with Gasteiger partial charge in [0.2, 0.25) is 0 Å². The minimum atomic E-state index is -0.814. The number of aryl methyl sites for hydroxylation is 1. The van der Waals surface area contributed by atoms with Crippen LogP contribution in [0.4, 0.5) is 8.78 Å². The van der Waals surface area contributed by atoms with Crippen LogP contribution >= 0.6 is 11.6 Å². The van der Waals surface area contributed by atoms with Crippen molar-refractivity contribution in [3.63, 3.8) is 0 Å². The fourth-order valence-corrected chi connectivity index (χ4v) is 1.88. The number of halogens is 3. The quantitative estimate of drug-likeness (QED) is 0.720. The molecule has 84 valence electrons. The Bertz CT molecular complexity index is 507. The number of rotatable bonds is 2. The van der Waals surface area contributed by atoms with Crippen molar-refractivity contribution in [2.24, 2.45) is 0 Å². The average Bonchev–Trinajstić information content (AvgIpc) is 2.67. The van der Waals surface area contributed by atoms with Crippen molar-refractivity contribution in [2.75, 3.05) is 0 Å². The largest absolute Gasteiger partial charge is 0.467 e. The third-order valence-corrected chi connectivity index (χ3v) is 2.80. The molecule has 2 rings (SSSR count). The van der Waals surface area contributed by atoms with Gasteiger partial charge >= 0.3 is 0 Å². The molecule has 1 aromatic carbocycles. The molecule has 1 nitrogen and oxygen atoms in total. The molecule has 1 aromatic heterocycles. The maximum absolute atomic E-state index is 13.5. The lowest BCUT2D eigenvalue weighted by Crippen LogP contribution is -1.98. The van der Waals surface area contributed by atoms with Gasteiger partial charge in [-0.3, -0.25) is 0 Å². The summed E-state index contributed by atoms with van der Waals surface area (Å²) in [5.41, 5.74) is 0.892. The van der Waals surface area contributed by atoms with E-state index in [9.17, 15) is 8.78 Å². The second-order valence-electron chi connectivity index (χ2n) is 3.50. The molecule has 0 N–H and O–H groups in total. The highest BCUT2D eigenvalue weighted by molar-refractivity contribution is 6.22. The summed E-state index contributed by atoms with van der Waals surface area (Å²) in [7, 11) is 0. The van der Waals surface area contributed by atoms with Gasteiger partial charge in [-0.1, -0.05) is 0 Å². The number of benzene rings is 1. The molecule has 4 heteroatoms. The first-order valence-corrected chi connectivity index (χ1v) is 5.16. The number of furan rings is 1. The predicted octanol–water partition coefficient (Wildman–Crippen LogP) is 4.19. The molecular weight excluding hydrogens is 234 g/mol. The molecule has 0 saturated heterocycles. The van der Waals surface area contributed by atoms with Gasteiger partial charge in [0.25, 0.3) is 0 Å². The fraction of sp³-hybridized carbons (Fsp3) is 0.167. The van der Waals surface area contributed by atoms with E-state index in [1.807, 2.05) is 0 Å². The van der Waals surface area contributed by atoms with E-state index in [4.69, 9.17) is 16.0 Å². The monoisotopic (exact) mass is 242 g/mol. The third-order valence-electron chi connectivity index (χ3n) is 2.36. The van der Waals surface area contributed by atoms with Crippen molar-refractivity contribution < 1.29 is 13.2 Å².